The molecule has 0 aliphatic heterocycles. The second kappa shape index (κ2) is 4.66. The molecular weight excluding hydrogens is 254 g/mol. The number of aryl methyl sites for hydroxylation is 1. The SMILES string of the molecule is CC(CCNC1CC1)c1c(Br)cnn1C. The molecule has 3 nitrogen and oxygen atoms in total. The molecule has 1 aromatic heterocycles. The van der Waals surface area contributed by atoms with Gasteiger partial charge in [-0.2, -0.15) is 5.10 Å². The van der Waals surface area contributed by atoms with Crippen LogP contribution in [0.4, 0.5) is 0 Å². The fraction of sp³-hybridized carbons (Fsp3) is 0.727. The predicted molar refractivity (Wildman–Crippen MR) is 65.0 cm³/mol. The monoisotopic (exact) mass is 271 g/mol. The van der Waals surface area contributed by atoms with E-state index in [9.17, 15) is 0 Å². The topological polar surface area (TPSA) is 29.9 Å². The van der Waals surface area contributed by atoms with E-state index in [1.165, 1.54) is 25.0 Å². The first-order chi connectivity index (χ1) is 7.18. The molecule has 0 saturated heterocycles. The van der Waals surface area contributed by atoms with Crippen LogP contribution in [-0.4, -0.2) is 22.4 Å². The molecule has 0 radical (unpaired) electrons. The van der Waals surface area contributed by atoms with Crippen LogP contribution in [0.1, 0.15) is 37.8 Å². The molecular formula is C11H18BrN3. The highest BCUT2D eigenvalue weighted by atomic mass is 79.9. The van der Waals surface area contributed by atoms with Crippen molar-refractivity contribution >= 4 is 15.9 Å². The number of nitrogens with zero attached hydrogens (tertiary/aromatic N) is 2. The van der Waals surface area contributed by atoms with Crippen molar-refractivity contribution in [1.82, 2.24) is 15.1 Å². The average molecular weight is 272 g/mol. The molecule has 0 aromatic carbocycles. The molecule has 1 saturated carbocycles. The Balaban J connectivity index is 1.85. The molecule has 1 aromatic rings. The Hall–Kier alpha value is -0.350. The third-order valence-electron chi connectivity index (χ3n) is 2.99. The Morgan fingerprint density at radius 2 is 2.40 bits per heavy atom. The first-order valence-electron chi connectivity index (χ1n) is 5.59. The number of nitrogens with one attached hydrogen (secondary N) is 1. The summed E-state index contributed by atoms with van der Waals surface area (Å²) in [4.78, 5) is 0. The van der Waals surface area contributed by atoms with Gasteiger partial charge in [0.1, 0.15) is 0 Å². The van der Waals surface area contributed by atoms with Gasteiger partial charge in [-0.05, 0) is 41.7 Å². The minimum Gasteiger partial charge on any atom is -0.314 e. The highest BCUT2D eigenvalue weighted by molar-refractivity contribution is 9.10. The van der Waals surface area contributed by atoms with Crippen molar-refractivity contribution in [3.63, 3.8) is 0 Å². The summed E-state index contributed by atoms with van der Waals surface area (Å²) in [6.45, 7) is 3.37. The van der Waals surface area contributed by atoms with Crippen molar-refractivity contribution in [2.45, 2.75) is 38.1 Å². The van der Waals surface area contributed by atoms with Gasteiger partial charge in [-0.25, -0.2) is 0 Å². The number of rotatable bonds is 5. The van der Waals surface area contributed by atoms with Crippen molar-refractivity contribution in [2.75, 3.05) is 6.54 Å². The lowest BCUT2D eigenvalue weighted by Crippen LogP contribution is -2.19. The molecule has 15 heavy (non-hydrogen) atoms. The van der Waals surface area contributed by atoms with Crippen LogP contribution >= 0.6 is 15.9 Å². The molecule has 1 atom stereocenters. The fourth-order valence-electron chi connectivity index (χ4n) is 1.90. The Morgan fingerprint density at radius 3 is 2.93 bits per heavy atom. The highest BCUT2D eigenvalue weighted by Crippen LogP contribution is 2.26. The van der Waals surface area contributed by atoms with Gasteiger partial charge in [0.05, 0.1) is 16.4 Å². The molecule has 1 N–H and O–H groups in total. The van der Waals surface area contributed by atoms with Gasteiger partial charge in [0.15, 0.2) is 0 Å². The Labute approximate surface area is 99.4 Å². The molecule has 2 rings (SSSR count). The van der Waals surface area contributed by atoms with E-state index in [2.05, 4.69) is 33.3 Å². The first-order valence-corrected chi connectivity index (χ1v) is 6.38. The zero-order valence-electron chi connectivity index (χ0n) is 9.33. The zero-order chi connectivity index (χ0) is 10.8. The van der Waals surface area contributed by atoms with Crippen molar-refractivity contribution in [2.24, 2.45) is 7.05 Å². The number of aromatic nitrogens is 2. The second-order valence-electron chi connectivity index (χ2n) is 4.42. The predicted octanol–water partition coefficient (Wildman–Crippen LogP) is 2.43. The van der Waals surface area contributed by atoms with Gasteiger partial charge in [0.2, 0.25) is 0 Å². The maximum Gasteiger partial charge on any atom is 0.0635 e. The van der Waals surface area contributed by atoms with Crippen LogP contribution in [-0.2, 0) is 7.05 Å². The first kappa shape index (κ1) is 11.1. The molecule has 0 bridgehead atoms. The molecule has 0 spiro atoms. The average Bonchev–Trinajstić information content (AvgIpc) is 2.93. The summed E-state index contributed by atoms with van der Waals surface area (Å²) in [5, 5.41) is 7.79. The second-order valence-corrected chi connectivity index (χ2v) is 5.27. The van der Waals surface area contributed by atoms with E-state index >= 15 is 0 Å². The van der Waals surface area contributed by atoms with E-state index in [1.807, 2.05) is 17.9 Å². The van der Waals surface area contributed by atoms with Gasteiger partial charge in [-0.3, -0.25) is 4.68 Å². The maximum absolute atomic E-state index is 4.24. The van der Waals surface area contributed by atoms with Crippen LogP contribution in [0.2, 0.25) is 0 Å². The molecule has 1 aliphatic carbocycles. The van der Waals surface area contributed by atoms with Crippen LogP contribution in [0.5, 0.6) is 0 Å². The molecule has 4 heteroatoms. The van der Waals surface area contributed by atoms with Gasteiger partial charge in [0, 0.05) is 19.0 Å². The van der Waals surface area contributed by atoms with Crippen molar-refractivity contribution in [3.8, 4) is 0 Å². The number of halogens is 1. The van der Waals surface area contributed by atoms with Crippen LogP contribution in [0.15, 0.2) is 10.7 Å². The summed E-state index contributed by atoms with van der Waals surface area (Å²) in [5.74, 6) is 0.554. The third kappa shape index (κ3) is 2.82. The van der Waals surface area contributed by atoms with Crippen molar-refractivity contribution in [3.05, 3.63) is 16.4 Å². The third-order valence-corrected chi connectivity index (χ3v) is 3.60. The largest absolute Gasteiger partial charge is 0.314 e. The van der Waals surface area contributed by atoms with Crippen LogP contribution in [0.25, 0.3) is 0 Å². The lowest BCUT2D eigenvalue weighted by molar-refractivity contribution is 0.556. The van der Waals surface area contributed by atoms with Gasteiger partial charge >= 0.3 is 0 Å². The molecule has 1 unspecified atom stereocenters. The summed E-state index contributed by atoms with van der Waals surface area (Å²) in [6, 6.07) is 0.812. The molecule has 1 fully saturated rings. The van der Waals surface area contributed by atoms with Gasteiger partial charge < -0.3 is 5.32 Å². The van der Waals surface area contributed by atoms with E-state index < -0.39 is 0 Å². The standard InChI is InChI=1S/C11H18BrN3/c1-8(5-6-13-9-3-4-9)11-10(12)7-14-15(11)2/h7-9,13H,3-6H2,1-2H3. The summed E-state index contributed by atoms with van der Waals surface area (Å²) in [6.07, 6.45) is 5.78. The number of hydrogen-bond donors (Lipinski definition) is 1. The smallest absolute Gasteiger partial charge is 0.0635 e. The molecule has 1 aliphatic rings. The van der Waals surface area contributed by atoms with Crippen molar-refractivity contribution in [1.29, 1.82) is 0 Å². The van der Waals surface area contributed by atoms with Crippen LogP contribution < -0.4 is 5.32 Å². The molecule has 1 heterocycles. The lowest BCUT2D eigenvalue weighted by atomic mass is 10.0. The Bertz CT molecular complexity index is 311. The van der Waals surface area contributed by atoms with E-state index in [0.29, 0.717) is 5.92 Å². The lowest BCUT2D eigenvalue weighted by Gasteiger charge is -2.13. The number of hydrogen-bond acceptors (Lipinski definition) is 2. The summed E-state index contributed by atoms with van der Waals surface area (Å²) >= 11 is 3.55. The van der Waals surface area contributed by atoms with Gasteiger partial charge in [-0.1, -0.05) is 6.92 Å². The minimum absolute atomic E-state index is 0.554. The Morgan fingerprint density at radius 1 is 1.67 bits per heavy atom. The van der Waals surface area contributed by atoms with Crippen LogP contribution in [0.3, 0.4) is 0 Å². The van der Waals surface area contributed by atoms with Gasteiger partial charge in [-0.15, -0.1) is 0 Å². The Kier molecular flexibility index (Phi) is 3.46. The maximum atomic E-state index is 4.24. The highest BCUT2D eigenvalue weighted by Gasteiger charge is 2.21. The molecule has 84 valence electrons. The summed E-state index contributed by atoms with van der Waals surface area (Å²) < 4.78 is 3.09. The minimum atomic E-state index is 0.554. The van der Waals surface area contributed by atoms with Crippen LogP contribution in [0, 0.1) is 0 Å². The fourth-order valence-corrected chi connectivity index (χ4v) is 2.64. The normalized spacial score (nSPS) is 18.1. The van der Waals surface area contributed by atoms with E-state index in [4.69, 9.17) is 0 Å². The summed E-state index contributed by atoms with van der Waals surface area (Å²) in [7, 11) is 2.00. The van der Waals surface area contributed by atoms with Crippen molar-refractivity contribution < 1.29 is 0 Å². The zero-order valence-corrected chi connectivity index (χ0v) is 10.9. The van der Waals surface area contributed by atoms with E-state index in [-0.39, 0.29) is 0 Å². The quantitative estimate of drug-likeness (QED) is 0.892. The van der Waals surface area contributed by atoms with E-state index in [0.717, 1.165) is 17.1 Å². The summed E-state index contributed by atoms with van der Waals surface area (Å²) in [5.41, 5.74) is 1.30. The van der Waals surface area contributed by atoms with Gasteiger partial charge in [0.25, 0.3) is 0 Å². The van der Waals surface area contributed by atoms with E-state index in [1.54, 1.807) is 0 Å². The molecule has 0 amide bonds.